The maximum absolute atomic E-state index is 12.1. The molecule has 0 bridgehead atoms. The fourth-order valence-electron chi connectivity index (χ4n) is 1.82. The highest BCUT2D eigenvalue weighted by molar-refractivity contribution is 5.79. The maximum Gasteiger partial charge on any atom is 0.397 e. The second-order valence-corrected chi connectivity index (χ2v) is 4.29. The third-order valence-electron chi connectivity index (χ3n) is 2.98. The van der Waals surface area contributed by atoms with E-state index in [4.69, 9.17) is 5.73 Å². The zero-order chi connectivity index (χ0) is 13.9. The van der Waals surface area contributed by atoms with Gasteiger partial charge in [0, 0.05) is 26.2 Å². The van der Waals surface area contributed by atoms with Crippen LogP contribution in [0.15, 0.2) is 0 Å². The molecule has 104 valence electrons. The molecule has 0 spiro atoms. The molecule has 0 aliphatic carbocycles. The summed E-state index contributed by atoms with van der Waals surface area (Å²) in [7, 11) is 0. The van der Waals surface area contributed by atoms with E-state index in [0.717, 1.165) is 4.90 Å². The lowest BCUT2D eigenvalue weighted by atomic mass is 10.2. The van der Waals surface area contributed by atoms with Crippen LogP contribution in [0.1, 0.15) is 13.3 Å². The molecular formula is C10H16F3N3O2. The van der Waals surface area contributed by atoms with Crippen molar-refractivity contribution in [2.75, 3.05) is 26.2 Å². The van der Waals surface area contributed by atoms with Crippen molar-refractivity contribution in [3.8, 4) is 0 Å². The molecule has 1 aliphatic heterocycles. The number of halogens is 3. The van der Waals surface area contributed by atoms with Crippen LogP contribution >= 0.6 is 0 Å². The Balaban J connectivity index is 2.44. The standard InChI is InChI=1S/C10H16F3N3O2/c1-7(9(14)18)15-2-4-16(5-3-15)8(17)6-10(11,12)13/h7H,2-6H2,1H3,(H2,14,18). The van der Waals surface area contributed by atoms with E-state index in [2.05, 4.69) is 0 Å². The van der Waals surface area contributed by atoms with Crippen molar-refractivity contribution in [3.63, 3.8) is 0 Å². The van der Waals surface area contributed by atoms with Crippen molar-refractivity contribution >= 4 is 11.8 Å². The number of carbonyl (C=O) groups is 2. The summed E-state index contributed by atoms with van der Waals surface area (Å²) in [5, 5.41) is 0. The lowest BCUT2D eigenvalue weighted by molar-refractivity contribution is -0.162. The first-order chi connectivity index (χ1) is 8.20. The highest BCUT2D eigenvalue weighted by Gasteiger charge is 2.35. The molecule has 1 unspecified atom stereocenters. The predicted molar refractivity (Wildman–Crippen MR) is 57.5 cm³/mol. The van der Waals surface area contributed by atoms with Gasteiger partial charge in [0.15, 0.2) is 0 Å². The largest absolute Gasteiger partial charge is 0.397 e. The summed E-state index contributed by atoms with van der Waals surface area (Å²) in [4.78, 5) is 25.2. The average Bonchev–Trinajstić information content (AvgIpc) is 2.26. The number of carbonyl (C=O) groups excluding carboxylic acids is 2. The second-order valence-electron chi connectivity index (χ2n) is 4.29. The van der Waals surface area contributed by atoms with E-state index in [9.17, 15) is 22.8 Å². The molecule has 1 rings (SSSR count). The normalized spacial score (nSPS) is 19.7. The summed E-state index contributed by atoms with van der Waals surface area (Å²) in [5.41, 5.74) is 5.13. The highest BCUT2D eigenvalue weighted by Crippen LogP contribution is 2.21. The van der Waals surface area contributed by atoms with E-state index in [1.54, 1.807) is 11.8 Å². The molecule has 0 radical (unpaired) electrons. The molecule has 0 aromatic carbocycles. The number of rotatable bonds is 3. The molecule has 0 aromatic rings. The number of amides is 2. The van der Waals surface area contributed by atoms with Gasteiger partial charge in [-0.1, -0.05) is 0 Å². The summed E-state index contributed by atoms with van der Waals surface area (Å²) in [6.07, 6.45) is -5.91. The third-order valence-corrected chi connectivity index (χ3v) is 2.98. The summed E-state index contributed by atoms with van der Waals surface area (Å²) < 4.78 is 36.2. The van der Waals surface area contributed by atoms with Gasteiger partial charge in [0.05, 0.1) is 6.04 Å². The Morgan fingerprint density at radius 3 is 2.11 bits per heavy atom. The van der Waals surface area contributed by atoms with Crippen LogP contribution in [-0.2, 0) is 9.59 Å². The minimum Gasteiger partial charge on any atom is -0.368 e. The van der Waals surface area contributed by atoms with Crippen LogP contribution in [0.2, 0.25) is 0 Å². The Morgan fingerprint density at radius 1 is 1.22 bits per heavy atom. The van der Waals surface area contributed by atoms with Crippen LogP contribution < -0.4 is 5.73 Å². The van der Waals surface area contributed by atoms with Crippen molar-refractivity contribution < 1.29 is 22.8 Å². The van der Waals surface area contributed by atoms with Crippen molar-refractivity contribution in [2.24, 2.45) is 5.73 Å². The van der Waals surface area contributed by atoms with Gasteiger partial charge >= 0.3 is 6.18 Å². The summed E-state index contributed by atoms with van der Waals surface area (Å²) in [5.74, 6) is -1.40. The van der Waals surface area contributed by atoms with Crippen LogP contribution in [-0.4, -0.2) is 60.0 Å². The topological polar surface area (TPSA) is 66.6 Å². The van der Waals surface area contributed by atoms with Gasteiger partial charge < -0.3 is 10.6 Å². The first-order valence-corrected chi connectivity index (χ1v) is 5.58. The first-order valence-electron chi connectivity index (χ1n) is 5.58. The van der Waals surface area contributed by atoms with Gasteiger partial charge in [-0.2, -0.15) is 13.2 Å². The lowest BCUT2D eigenvalue weighted by Crippen LogP contribution is -2.54. The van der Waals surface area contributed by atoms with Gasteiger partial charge in [-0.25, -0.2) is 0 Å². The quantitative estimate of drug-likeness (QED) is 0.780. The molecule has 0 aromatic heterocycles. The fourth-order valence-corrected chi connectivity index (χ4v) is 1.82. The van der Waals surface area contributed by atoms with Crippen LogP contribution in [0.25, 0.3) is 0 Å². The molecule has 1 fully saturated rings. The highest BCUT2D eigenvalue weighted by atomic mass is 19.4. The number of hydrogen-bond acceptors (Lipinski definition) is 3. The minimum atomic E-state index is -4.48. The van der Waals surface area contributed by atoms with Gasteiger partial charge in [-0.05, 0) is 6.92 Å². The van der Waals surface area contributed by atoms with Crippen molar-refractivity contribution in [3.05, 3.63) is 0 Å². The number of nitrogens with zero attached hydrogens (tertiary/aromatic N) is 2. The van der Waals surface area contributed by atoms with Gasteiger partial charge in [0.1, 0.15) is 6.42 Å². The monoisotopic (exact) mass is 267 g/mol. The molecule has 18 heavy (non-hydrogen) atoms. The molecule has 2 amide bonds. The third kappa shape index (κ3) is 4.17. The Bertz CT molecular complexity index is 325. The predicted octanol–water partition coefficient (Wildman–Crippen LogP) is -0.0432. The number of hydrogen-bond donors (Lipinski definition) is 1. The fraction of sp³-hybridized carbons (Fsp3) is 0.800. The maximum atomic E-state index is 12.1. The van der Waals surface area contributed by atoms with Crippen molar-refractivity contribution in [1.82, 2.24) is 9.80 Å². The average molecular weight is 267 g/mol. The Kier molecular flexibility index (Phi) is 4.55. The summed E-state index contributed by atoms with van der Waals surface area (Å²) in [6.45, 7) is 2.72. The van der Waals surface area contributed by atoms with Crippen LogP contribution in [0.4, 0.5) is 13.2 Å². The van der Waals surface area contributed by atoms with E-state index in [-0.39, 0.29) is 13.1 Å². The molecule has 1 heterocycles. The van der Waals surface area contributed by atoms with E-state index in [1.807, 2.05) is 0 Å². The molecule has 2 N–H and O–H groups in total. The molecule has 8 heteroatoms. The van der Waals surface area contributed by atoms with E-state index >= 15 is 0 Å². The molecular weight excluding hydrogens is 251 g/mol. The van der Waals surface area contributed by atoms with Crippen LogP contribution in [0, 0.1) is 0 Å². The first kappa shape index (κ1) is 14.7. The summed E-state index contributed by atoms with van der Waals surface area (Å²) >= 11 is 0. The van der Waals surface area contributed by atoms with Gasteiger partial charge in [0.25, 0.3) is 0 Å². The zero-order valence-electron chi connectivity index (χ0n) is 10.0. The number of alkyl halides is 3. The Hall–Kier alpha value is -1.31. The molecule has 5 nitrogen and oxygen atoms in total. The number of nitrogens with two attached hydrogens (primary N) is 1. The summed E-state index contributed by atoms with van der Waals surface area (Å²) in [6, 6.07) is -0.468. The van der Waals surface area contributed by atoms with Gasteiger partial charge in [-0.3, -0.25) is 14.5 Å². The van der Waals surface area contributed by atoms with E-state index in [1.165, 1.54) is 0 Å². The Labute approximate surface area is 103 Å². The number of primary amides is 1. The lowest BCUT2D eigenvalue weighted by Gasteiger charge is -2.37. The zero-order valence-corrected chi connectivity index (χ0v) is 10.0. The van der Waals surface area contributed by atoms with Crippen LogP contribution in [0.5, 0.6) is 0 Å². The van der Waals surface area contributed by atoms with Gasteiger partial charge in [0.2, 0.25) is 11.8 Å². The Morgan fingerprint density at radius 2 is 1.72 bits per heavy atom. The minimum absolute atomic E-state index is 0.187. The number of piperazine rings is 1. The molecule has 1 saturated heterocycles. The smallest absolute Gasteiger partial charge is 0.368 e. The molecule has 1 aliphatic rings. The van der Waals surface area contributed by atoms with Crippen LogP contribution in [0.3, 0.4) is 0 Å². The van der Waals surface area contributed by atoms with Crippen molar-refractivity contribution in [2.45, 2.75) is 25.6 Å². The second kappa shape index (κ2) is 5.55. The molecule has 1 atom stereocenters. The van der Waals surface area contributed by atoms with Gasteiger partial charge in [-0.15, -0.1) is 0 Å². The molecule has 0 saturated carbocycles. The van der Waals surface area contributed by atoms with E-state index in [0.29, 0.717) is 13.1 Å². The van der Waals surface area contributed by atoms with Crippen molar-refractivity contribution in [1.29, 1.82) is 0 Å². The van der Waals surface area contributed by atoms with E-state index < -0.39 is 30.5 Å². The SMILES string of the molecule is CC(C(N)=O)N1CCN(C(=O)CC(F)(F)F)CC1.